The highest BCUT2D eigenvalue weighted by Crippen LogP contribution is 2.18. The molecule has 14 heavy (non-hydrogen) atoms. The maximum Gasteiger partial charge on any atom is 0.0523 e. The molecule has 0 amide bonds. The fourth-order valence-corrected chi connectivity index (χ4v) is 4.01. The van der Waals surface area contributed by atoms with Crippen LogP contribution in [0.1, 0.15) is 19.8 Å². The number of hydrogen-bond donors (Lipinski definition) is 0. The van der Waals surface area contributed by atoms with Gasteiger partial charge in [-0.2, -0.15) is 0 Å². The van der Waals surface area contributed by atoms with E-state index >= 15 is 0 Å². The molecule has 0 radical (unpaired) electrons. The molecule has 0 aromatic rings. The molecule has 0 saturated carbocycles. The minimum absolute atomic E-state index is 0.920. The molecule has 1 fully saturated rings. The molecule has 0 aliphatic carbocycles. The number of allylic oxidation sites excluding steroid dienone is 2. The van der Waals surface area contributed by atoms with Crippen LogP contribution < -0.4 is 0 Å². The molecule has 0 N–H and O–H groups in total. The molecular weight excluding hydrogens is 186 g/mol. The lowest BCUT2D eigenvalue weighted by atomic mass is 10.4. The first kappa shape index (κ1) is 12.0. The number of likely N-dealkylation sites (tertiary alicyclic amines) is 1. The lowest BCUT2D eigenvalue weighted by molar-refractivity contribution is 0.357. The Morgan fingerprint density at radius 3 is 2.43 bits per heavy atom. The van der Waals surface area contributed by atoms with E-state index in [1.165, 1.54) is 44.6 Å². The van der Waals surface area contributed by atoms with Gasteiger partial charge >= 0.3 is 0 Å². The van der Waals surface area contributed by atoms with E-state index in [1.807, 2.05) is 0 Å². The number of hydrogen-bond acceptors (Lipinski definition) is 1. The van der Waals surface area contributed by atoms with Crippen LogP contribution in [0.4, 0.5) is 0 Å². The van der Waals surface area contributed by atoms with Gasteiger partial charge in [0.15, 0.2) is 0 Å². The van der Waals surface area contributed by atoms with Gasteiger partial charge < -0.3 is 4.90 Å². The Labute approximate surface area is 90.2 Å². The normalized spacial score (nSPS) is 19.6. The highest BCUT2D eigenvalue weighted by molar-refractivity contribution is 6.77. The average molecular weight is 211 g/mol. The quantitative estimate of drug-likeness (QED) is 0.498. The Morgan fingerprint density at radius 1 is 1.21 bits per heavy atom. The summed E-state index contributed by atoms with van der Waals surface area (Å²) >= 11 is 0. The molecule has 0 unspecified atom stereocenters. The second kappa shape index (κ2) is 5.71. The smallest absolute Gasteiger partial charge is 0.0523 e. The van der Waals surface area contributed by atoms with Crippen molar-refractivity contribution in [1.82, 2.24) is 4.90 Å². The van der Waals surface area contributed by atoms with Crippen molar-refractivity contribution < 1.29 is 0 Å². The second-order valence-corrected chi connectivity index (χ2v) is 10.5. The zero-order chi connectivity index (χ0) is 10.4. The highest BCUT2D eigenvalue weighted by Gasteiger charge is 2.21. The summed E-state index contributed by atoms with van der Waals surface area (Å²) in [4.78, 5) is 2.64. The van der Waals surface area contributed by atoms with Crippen molar-refractivity contribution in [2.75, 3.05) is 19.6 Å². The zero-order valence-corrected chi connectivity index (χ0v) is 11.1. The Balaban J connectivity index is 2.20. The summed E-state index contributed by atoms with van der Waals surface area (Å²) < 4.78 is 0. The van der Waals surface area contributed by atoms with Crippen LogP contribution in [-0.4, -0.2) is 32.6 Å². The van der Waals surface area contributed by atoms with Crippen LogP contribution in [0.25, 0.3) is 0 Å². The largest absolute Gasteiger partial charge is 0.304 e. The van der Waals surface area contributed by atoms with Gasteiger partial charge in [-0.15, -0.1) is 0 Å². The monoisotopic (exact) mass is 211 g/mol. The molecule has 0 aromatic carbocycles. The third-order valence-electron chi connectivity index (χ3n) is 3.21. The average Bonchev–Trinajstić information content (AvgIpc) is 2.64. The maximum absolute atomic E-state index is 2.64. The molecule has 1 saturated heterocycles. The van der Waals surface area contributed by atoms with Crippen LogP contribution in [-0.2, 0) is 0 Å². The minimum atomic E-state index is -0.920. The third-order valence-corrected chi connectivity index (χ3v) is 6.13. The van der Waals surface area contributed by atoms with Crippen LogP contribution >= 0.6 is 0 Å². The minimum Gasteiger partial charge on any atom is -0.304 e. The molecule has 0 atom stereocenters. The molecule has 0 spiro atoms. The maximum atomic E-state index is 2.64. The fourth-order valence-electron chi connectivity index (χ4n) is 2.01. The van der Waals surface area contributed by atoms with Crippen LogP contribution in [0, 0.1) is 0 Å². The standard InChI is InChI=1S/C12H25NSi/c1-4-5-11-14(2,3)12-10-13-8-6-7-9-13/h4-5H,6-12H2,1-3H3. The number of nitrogens with zero attached hydrogens (tertiary/aromatic N) is 1. The molecule has 2 heteroatoms. The zero-order valence-electron chi connectivity index (χ0n) is 10.1. The van der Waals surface area contributed by atoms with Gasteiger partial charge in [-0.05, 0) is 51.5 Å². The van der Waals surface area contributed by atoms with E-state index in [-0.39, 0.29) is 0 Å². The summed E-state index contributed by atoms with van der Waals surface area (Å²) in [5.74, 6) is 0. The summed E-state index contributed by atoms with van der Waals surface area (Å²) in [6.07, 6.45) is 7.41. The van der Waals surface area contributed by atoms with Crippen molar-refractivity contribution in [3.05, 3.63) is 12.2 Å². The molecule has 0 aromatic heterocycles. The van der Waals surface area contributed by atoms with E-state index < -0.39 is 8.07 Å². The van der Waals surface area contributed by atoms with Gasteiger partial charge in [0.1, 0.15) is 0 Å². The summed E-state index contributed by atoms with van der Waals surface area (Å²) in [6, 6.07) is 2.83. The van der Waals surface area contributed by atoms with Gasteiger partial charge in [0.2, 0.25) is 0 Å². The molecule has 1 rings (SSSR count). The molecule has 0 bridgehead atoms. The van der Waals surface area contributed by atoms with Crippen molar-refractivity contribution in [2.45, 2.75) is 44.9 Å². The van der Waals surface area contributed by atoms with E-state index in [0.29, 0.717) is 0 Å². The SMILES string of the molecule is CC=CC[Si](C)(C)CCN1CCCC1. The van der Waals surface area contributed by atoms with Crippen molar-refractivity contribution in [3.8, 4) is 0 Å². The molecule has 1 aliphatic heterocycles. The van der Waals surface area contributed by atoms with Crippen LogP contribution in [0.15, 0.2) is 12.2 Å². The van der Waals surface area contributed by atoms with Crippen molar-refractivity contribution >= 4 is 8.07 Å². The first-order chi connectivity index (χ1) is 6.64. The second-order valence-electron chi connectivity index (χ2n) is 5.24. The van der Waals surface area contributed by atoms with Gasteiger partial charge in [0.25, 0.3) is 0 Å². The first-order valence-electron chi connectivity index (χ1n) is 5.97. The summed E-state index contributed by atoms with van der Waals surface area (Å²) in [5, 5.41) is 0. The van der Waals surface area contributed by atoms with Crippen molar-refractivity contribution in [1.29, 1.82) is 0 Å². The molecule has 1 nitrogen and oxygen atoms in total. The topological polar surface area (TPSA) is 3.24 Å². The van der Waals surface area contributed by atoms with Crippen LogP contribution in [0.3, 0.4) is 0 Å². The first-order valence-corrected chi connectivity index (χ1v) is 9.39. The summed E-state index contributed by atoms with van der Waals surface area (Å²) in [5.41, 5.74) is 0. The van der Waals surface area contributed by atoms with E-state index in [0.717, 1.165) is 0 Å². The van der Waals surface area contributed by atoms with Gasteiger partial charge in [-0.3, -0.25) is 0 Å². The Kier molecular flexibility index (Phi) is 4.89. The third kappa shape index (κ3) is 4.42. The van der Waals surface area contributed by atoms with Gasteiger partial charge in [0, 0.05) is 0 Å². The summed E-state index contributed by atoms with van der Waals surface area (Å²) in [6.45, 7) is 11.2. The van der Waals surface area contributed by atoms with Crippen molar-refractivity contribution in [3.63, 3.8) is 0 Å². The van der Waals surface area contributed by atoms with Crippen LogP contribution in [0.5, 0.6) is 0 Å². The predicted molar refractivity (Wildman–Crippen MR) is 67.6 cm³/mol. The van der Waals surface area contributed by atoms with Crippen molar-refractivity contribution in [2.24, 2.45) is 0 Å². The predicted octanol–water partition coefficient (Wildman–Crippen LogP) is 3.37. The van der Waals surface area contributed by atoms with E-state index in [9.17, 15) is 0 Å². The molecule has 1 heterocycles. The van der Waals surface area contributed by atoms with E-state index in [2.05, 4.69) is 37.1 Å². The van der Waals surface area contributed by atoms with Gasteiger partial charge in [-0.1, -0.05) is 25.2 Å². The van der Waals surface area contributed by atoms with E-state index in [1.54, 1.807) is 0 Å². The Hall–Kier alpha value is -0.0831. The van der Waals surface area contributed by atoms with Crippen LogP contribution in [0.2, 0.25) is 25.2 Å². The molecule has 82 valence electrons. The lowest BCUT2D eigenvalue weighted by Gasteiger charge is -2.24. The Bertz CT molecular complexity index is 181. The summed E-state index contributed by atoms with van der Waals surface area (Å²) in [7, 11) is -0.920. The molecular formula is C12H25NSi. The van der Waals surface area contributed by atoms with Gasteiger partial charge in [-0.25, -0.2) is 0 Å². The fraction of sp³-hybridized carbons (Fsp3) is 0.833. The lowest BCUT2D eigenvalue weighted by Crippen LogP contribution is -2.31. The number of rotatable bonds is 5. The highest BCUT2D eigenvalue weighted by atomic mass is 28.3. The van der Waals surface area contributed by atoms with Gasteiger partial charge in [0.05, 0.1) is 8.07 Å². The van der Waals surface area contributed by atoms with E-state index in [4.69, 9.17) is 0 Å². The molecule has 1 aliphatic rings. The Morgan fingerprint density at radius 2 is 1.86 bits per heavy atom.